The van der Waals surface area contributed by atoms with E-state index in [2.05, 4.69) is 10.6 Å². The molecule has 0 bridgehead atoms. The van der Waals surface area contributed by atoms with Crippen molar-refractivity contribution in [3.63, 3.8) is 0 Å². The van der Waals surface area contributed by atoms with Crippen molar-refractivity contribution in [2.45, 2.75) is 77.5 Å². The lowest BCUT2D eigenvalue weighted by Crippen LogP contribution is -2.54. The van der Waals surface area contributed by atoms with Crippen molar-refractivity contribution in [1.29, 1.82) is 0 Å². The number of likely N-dealkylation sites (N-methyl/N-ethyl adjacent to an activating group) is 1. The standard InChI is InChI=1S/C27H38N4O4/c1-17(2)22(32)24(33)28-16-27(14-8-9-15-27)26(35)30-23-25(34)31(3)20-13-7-6-12-19(20)21(29-23)18-10-4-5-11-18/h6-7,12-13,17-18,22-23,32H,4-5,8-11,14-16H2,1-3H3,(H,28,33)(H,30,35)/t22-,23?/m0/s1. The normalized spacial score (nSPS) is 23.0. The third kappa shape index (κ3) is 5.13. The Labute approximate surface area is 207 Å². The molecule has 190 valence electrons. The molecular weight excluding hydrogens is 444 g/mol. The highest BCUT2D eigenvalue weighted by molar-refractivity contribution is 6.14. The van der Waals surface area contributed by atoms with E-state index in [1.807, 2.05) is 24.3 Å². The molecular formula is C27H38N4O4. The van der Waals surface area contributed by atoms with Crippen LogP contribution >= 0.6 is 0 Å². The van der Waals surface area contributed by atoms with Crippen molar-refractivity contribution in [1.82, 2.24) is 10.6 Å². The molecule has 1 aromatic rings. The molecule has 1 aliphatic heterocycles. The number of benzene rings is 1. The SMILES string of the molecule is CC(C)[C@H](O)C(=O)NCC1(C(=O)NC2N=C(C3CCCC3)c3ccccc3N(C)C2=O)CCCC1. The molecule has 8 heteroatoms. The van der Waals surface area contributed by atoms with Crippen LogP contribution in [0.1, 0.15) is 70.8 Å². The molecule has 8 nitrogen and oxygen atoms in total. The smallest absolute Gasteiger partial charge is 0.272 e. The molecule has 2 saturated carbocycles. The monoisotopic (exact) mass is 482 g/mol. The van der Waals surface area contributed by atoms with E-state index in [1.165, 1.54) is 0 Å². The average Bonchev–Trinajstić information content (AvgIpc) is 3.55. The second-order valence-electron chi connectivity index (χ2n) is 10.7. The molecule has 2 atom stereocenters. The van der Waals surface area contributed by atoms with E-state index in [0.29, 0.717) is 12.8 Å². The number of amides is 3. The van der Waals surface area contributed by atoms with Crippen molar-refractivity contribution in [3.8, 4) is 0 Å². The Morgan fingerprint density at radius 3 is 2.46 bits per heavy atom. The first-order valence-corrected chi connectivity index (χ1v) is 12.9. The Morgan fingerprint density at radius 2 is 1.80 bits per heavy atom. The van der Waals surface area contributed by atoms with Gasteiger partial charge in [0.25, 0.3) is 5.91 Å². The van der Waals surface area contributed by atoms with E-state index < -0.39 is 23.6 Å². The fraction of sp³-hybridized carbons (Fsp3) is 0.630. The maximum absolute atomic E-state index is 13.7. The molecule has 1 unspecified atom stereocenters. The second-order valence-corrected chi connectivity index (χ2v) is 10.7. The summed E-state index contributed by atoms with van der Waals surface area (Å²) in [5.74, 6) is -0.950. The molecule has 0 spiro atoms. The van der Waals surface area contributed by atoms with Crippen LogP contribution in [0.3, 0.4) is 0 Å². The number of anilines is 1. The third-order valence-electron chi connectivity index (χ3n) is 7.93. The molecule has 2 fully saturated rings. The Morgan fingerprint density at radius 1 is 1.14 bits per heavy atom. The number of para-hydroxylation sites is 1. The van der Waals surface area contributed by atoms with Crippen LogP contribution < -0.4 is 15.5 Å². The number of aliphatic hydroxyl groups is 1. The summed E-state index contributed by atoms with van der Waals surface area (Å²) in [7, 11) is 1.73. The van der Waals surface area contributed by atoms with Gasteiger partial charge in [-0.3, -0.25) is 19.4 Å². The predicted molar refractivity (Wildman–Crippen MR) is 135 cm³/mol. The molecule has 0 saturated heterocycles. The summed E-state index contributed by atoms with van der Waals surface area (Å²) in [6, 6.07) is 7.81. The van der Waals surface area contributed by atoms with Gasteiger partial charge in [0.2, 0.25) is 18.0 Å². The molecule has 4 rings (SSSR count). The number of rotatable bonds is 7. The fourth-order valence-electron chi connectivity index (χ4n) is 5.64. The molecule has 3 N–H and O–H groups in total. The number of carbonyl (C=O) groups is 3. The fourth-order valence-corrected chi connectivity index (χ4v) is 5.64. The number of aliphatic imine (C=N–C) groups is 1. The van der Waals surface area contributed by atoms with Gasteiger partial charge in [0.05, 0.1) is 16.8 Å². The van der Waals surface area contributed by atoms with Crippen molar-refractivity contribution >= 4 is 29.1 Å². The van der Waals surface area contributed by atoms with E-state index in [9.17, 15) is 19.5 Å². The Balaban J connectivity index is 1.58. The lowest BCUT2D eigenvalue weighted by atomic mass is 9.84. The number of hydrogen-bond donors (Lipinski definition) is 3. The lowest BCUT2D eigenvalue weighted by Gasteiger charge is -2.30. The van der Waals surface area contributed by atoms with Gasteiger partial charge in [0, 0.05) is 25.1 Å². The molecule has 2 aliphatic carbocycles. The summed E-state index contributed by atoms with van der Waals surface area (Å²) in [5, 5.41) is 15.8. The number of fused-ring (bicyclic) bond motifs is 1. The highest BCUT2D eigenvalue weighted by atomic mass is 16.3. The van der Waals surface area contributed by atoms with Crippen LogP contribution in [0.25, 0.3) is 0 Å². The summed E-state index contributed by atoms with van der Waals surface area (Å²) in [5.41, 5.74) is 1.85. The van der Waals surface area contributed by atoms with Gasteiger partial charge in [-0.05, 0) is 37.7 Å². The minimum Gasteiger partial charge on any atom is -0.383 e. The lowest BCUT2D eigenvalue weighted by molar-refractivity contribution is -0.136. The molecule has 3 amide bonds. The van der Waals surface area contributed by atoms with Crippen LogP contribution in [0.15, 0.2) is 29.3 Å². The van der Waals surface area contributed by atoms with Gasteiger partial charge in [0.15, 0.2) is 0 Å². The van der Waals surface area contributed by atoms with Crippen LogP contribution in [0, 0.1) is 17.3 Å². The van der Waals surface area contributed by atoms with E-state index in [0.717, 1.165) is 55.5 Å². The molecule has 0 radical (unpaired) electrons. The molecule has 35 heavy (non-hydrogen) atoms. The van der Waals surface area contributed by atoms with Gasteiger partial charge in [-0.2, -0.15) is 0 Å². The van der Waals surface area contributed by atoms with E-state index in [1.54, 1.807) is 25.8 Å². The summed E-state index contributed by atoms with van der Waals surface area (Å²) >= 11 is 0. The van der Waals surface area contributed by atoms with Crippen LogP contribution in [-0.2, 0) is 14.4 Å². The van der Waals surface area contributed by atoms with Gasteiger partial charge in [-0.1, -0.05) is 57.7 Å². The summed E-state index contributed by atoms with van der Waals surface area (Å²) in [6.45, 7) is 3.68. The average molecular weight is 483 g/mol. The van der Waals surface area contributed by atoms with Crippen LogP contribution in [-0.4, -0.2) is 54.4 Å². The topological polar surface area (TPSA) is 111 Å². The van der Waals surface area contributed by atoms with Crippen molar-refractivity contribution in [2.75, 3.05) is 18.5 Å². The van der Waals surface area contributed by atoms with Crippen LogP contribution in [0.5, 0.6) is 0 Å². The van der Waals surface area contributed by atoms with Gasteiger partial charge in [0.1, 0.15) is 6.10 Å². The number of nitrogens with one attached hydrogen (secondary N) is 2. The van der Waals surface area contributed by atoms with Gasteiger partial charge in [-0.25, -0.2) is 0 Å². The highest BCUT2D eigenvalue weighted by Gasteiger charge is 2.44. The number of benzodiazepines with no additional fused rings is 1. The van der Waals surface area contributed by atoms with Crippen LogP contribution in [0.2, 0.25) is 0 Å². The maximum atomic E-state index is 13.7. The first-order chi connectivity index (χ1) is 16.7. The molecule has 1 heterocycles. The van der Waals surface area contributed by atoms with Crippen molar-refractivity contribution in [3.05, 3.63) is 29.8 Å². The predicted octanol–water partition coefficient (Wildman–Crippen LogP) is 2.78. The van der Waals surface area contributed by atoms with Crippen molar-refractivity contribution in [2.24, 2.45) is 22.2 Å². The van der Waals surface area contributed by atoms with Gasteiger partial charge < -0.3 is 20.6 Å². The van der Waals surface area contributed by atoms with Gasteiger partial charge in [-0.15, -0.1) is 0 Å². The molecule has 0 aromatic heterocycles. The quantitative estimate of drug-likeness (QED) is 0.555. The number of aliphatic hydroxyl groups excluding tert-OH is 1. The first kappa shape index (κ1) is 25.4. The van der Waals surface area contributed by atoms with Gasteiger partial charge >= 0.3 is 0 Å². The zero-order chi connectivity index (χ0) is 25.2. The largest absolute Gasteiger partial charge is 0.383 e. The Kier molecular flexibility index (Phi) is 7.59. The Bertz CT molecular complexity index is 993. The molecule has 3 aliphatic rings. The second kappa shape index (κ2) is 10.5. The molecule has 1 aromatic carbocycles. The van der Waals surface area contributed by atoms with E-state index in [4.69, 9.17) is 4.99 Å². The first-order valence-electron chi connectivity index (χ1n) is 12.9. The summed E-state index contributed by atoms with van der Waals surface area (Å²) in [4.78, 5) is 46.0. The van der Waals surface area contributed by atoms with Crippen LogP contribution in [0.4, 0.5) is 5.69 Å². The zero-order valence-corrected chi connectivity index (χ0v) is 21.0. The summed E-state index contributed by atoms with van der Waals surface area (Å²) < 4.78 is 0. The number of hydrogen-bond acceptors (Lipinski definition) is 5. The number of nitrogens with zero attached hydrogens (tertiary/aromatic N) is 2. The van der Waals surface area contributed by atoms with Crippen molar-refractivity contribution < 1.29 is 19.5 Å². The zero-order valence-electron chi connectivity index (χ0n) is 21.0. The maximum Gasteiger partial charge on any atom is 0.272 e. The van der Waals surface area contributed by atoms with E-state index in [-0.39, 0.29) is 30.2 Å². The van der Waals surface area contributed by atoms with E-state index >= 15 is 0 Å². The minimum atomic E-state index is -1.12. The number of carbonyl (C=O) groups excluding carboxylic acids is 3. The Hall–Kier alpha value is -2.74. The summed E-state index contributed by atoms with van der Waals surface area (Å²) in [6.07, 6.45) is 5.18. The highest BCUT2D eigenvalue weighted by Crippen LogP contribution is 2.39. The third-order valence-corrected chi connectivity index (χ3v) is 7.93. The minimum absolute atomic E-state index is 0.137.